The van der Waals surface area contributed by atoms with Gasteiger partial charge in [0.1, 0.15) is 41.7 Å². The number of hydrogen-bond donors (Lipinski definition) is 3. The number of azo groups is 1. The molecule has 13 nitrogen and oxygen atoms in total. The summed E-state index contributed by atoms with van der Waals surface area (Å²) in [6, 6.07) is 17.1. The molecule has 13 heteroatoms. The van der Waals surface area contributed by atoms with Crippen LogP contribution in [0, 0.1) is 39.7 Å². The van der Waals surface area contributed by atoms with Gasteiger partial charge in [-0.1, -0.05) is 18.2 Å². The molecule has 0 radical (unpaired) electrons. The molecule has 0 aliphatic rings. The fraction of sp³-hybridized carbons (Fsp3) is 0.296. The summed E-state index contributed by atoms with van der Waals surface area (Å²) in [5, 5.41) is 53.9. The van der Waals surface area contributed by atoms with E-state index in [1.54, 1.807) is 6.92 Å². The van der Waals surface area contributed by atoms with E-state index in [-0.39, 0.29) is 47.2 Å². The molecule has 1 aromatic heterocycles. The Labute approximate surface area is 230 Å². The van der Waals surface area contributed by atoms with Crippen molar-refractivity contribution in [1.29, 1.82) is 10.5 Å². The third-order valence-electron chi connectivity index (χ3n) is 5.50. The molecule has 3 N–H and O–H groups in total. The van der Waals surface area contributed by atoms with Crippen LogP contribution in [-0.4, -0.2) is 54.5 Å². The Balaban J connectivity index is 1.68. The zero-order valence-corrected chi connectivity index (χ0v) is 21.8. The van der Waals surface area contributed by atoms with Crippen LogP contribution in [0.4, 0.5) is 28.7 Å². The number of para-hydroxylation sites is 1. The number of nitrogens with zero attached hydrogens (tertiary/aromatic N) is 6. The number of non-ortho nitro benzene ring substituents is 1. The summed E-state index contributed by atoms with van der Waals surface area (Å²) in [5.41, 5.74) is 0.812. The lowest BCUT2D eigenvalue weighted by molar-refractivity contribution is -0.384. The molecule has 0 aliphatic heterocycles. The van der Waals surface area contributed by atoms with E-state index < -0.39 is 4.92 Å². The highest BCUT2D eigenvalue weighted by Gasteiger charge is 2.18. The molecule has 0 atom stereocenters. The van der Waals surface area contributed by atoms with Crippen LogP contribution in [0.2, 0.25) is 0 Å². The number of aromatic nitrogens is 1. The van der Waals surface area contributed by atoms with Crippen molar-refractivity contribution in [1.82, 2.24) is 4.98 Å². The van der Waals surface area contributed by atoms with E-state index in [4.69, 9.17) is 9.47 Å². The number of hydrogen-bond acceptors (Lipinski definition) is 12. The highest BCUT2D eigenvalue weighted by molar-refractivity contribution is 5.74. The van der Waals surface area contributed by atoms with Crippen molar-refractivity contribution in [2.24, 2.45) is 10.2 Å². The van der Waals surface area contributed by atoms with Gasteiger partial charge in [-0.2, -0.15) is 10.5 Å². The molecule has 0 spiro atoms. The van der Waals surface area contributed by atoms with E-state index in [9.17, 15) is 25.7 Å². The first-order chi connectivity index (χ1) is 19.5. The highest BCUT2D eigenvalue weighted by atomic mass is 16.6. The lowest BCUT2D eigenvalue weighted by atomic mass is 10.1. The number of aliphatic hydroxyl groups excluding tert-OH is 1. The molecule has 40 heavy (non-hydrogen) atoms. The Kier molecular flexibility index (Phi) is 11.3. The van der Waals surface area contributed by atoms with Crippen LogP contribution in [-0.2, 0) is 4.74 Å². The summed E-state index contributed by atoms with van der Waals surface area (Å²) in [6.45, 7) is 3.50. The van der Waals surface area contributed by atoms with Gasteiger partial charge in [0.05, 0.1) is 29.3 Å². The van der Waals surface area contributed by atoms with Gasteiger partial charge in [-0.25, -0.2) is 4.98 Å². The molecular formula is C27H28N8O5. The maximum atomic E-state index is 11.0. The van der Waals surface area contributed by atoms with Crippen molar-refractivity contribution in [2.75, 3.05) is 50.2 Å². The third-order valence-corrected chi connectivity index (χ3v) is 5.50. The predicted octanol–water partition coefficient (Wildman–Crippen LogP) is 4.76. The quantitative estimate of drug-likeness (QED) is 0.104. The number of aliphatic hydroxyl groups is 1. The van der Waals surface area contributed by atoms with Crippen molar-refractivity contribution in [2.45, 2.75) is 13.3 Å². The zero-order chi connectivity index (χ0) is 28.7. The number of nitro benzene ring substituents is 1. The van der Waals surface area contributed by atoms with Gasteiger partial charge in [0, 0.05) is 37.4 Å². The molecule has 206 valence electrons. The van der Waals surface area contributed by atoms with Crippen LogP contribution in [0.5, 0.6) is 5.75 Å². The average Bonchev–Trinajstić information content (AvgIpc) is 2.97. The number of anilines is 2. The second-order valence-corrected chi connectivity index (χ2v) is 8.24. The van der Waals surface area contributed by atoms with E-state index in [0.717, 1.165) is 11.8 Å². The van der Waals surface area contributed by atoms with Crippen LogP contribution < -0.4 is 15.4 Å². The van der Waals surface area contributed by atoms with Crippen LogP contribution in [0.1, 0.15) is 23.1 Å². The minimum atomic E-state index is -0.607. The van der Waals surface area contributed by atoms with Gasteiger partial charge in [0.15, 0.2) is 5.82 Å². The molecule has 0 amide bonds. The zero-order valence-electron chi connectivity index (χ0n) is 21.8. The fourth-order valence-electron chi connectivity index (χ4n) is 3.52. The smallest absolute Gasteiger partial charge is 0.270 e. The lowest BCUT2D eigenvalue weighted by Crippen LogP contribution is -2.13. The van der Waals surface area contributed by atoms with Gasteiger partial charge in [0.25, 0.3) is 5.69 Å². The monoisotopic (exact) mass is 544 g/mol. The number of pyridine rings is 1. The summed E-state index contributed by atoms with van der Waals surface area (Å²) in [7, 11) is 0. The van der Waals surface area contributed by atoms with E-state index in [2.05, 4.69) is 31.9 Å². The Morgan fingerprint density at radius 3 is 2.50 bits per heavy atom. The largest absolute Gasteiger partial charge is 0.491 e. The maximum Gasteiger partial charge on any atom is 0.270 e. The van der Waals surface area contributed by atoms with Gasteiger partial charge in [0.2, 0.25) is 0 Å². The molecule has 0 saturated heterocycles. The first-order valence-corrected chi connectivity index (χ1v) is 12.4. The lowest BCUT2D eigenvalue weighted by Gasteiger charge is -2.15. The molecule has 3 rings (SSSR count). The SMILES string of the molecule is Cc1c(C#N)c(NCCCOCCOc2ccccc2)nc(NCCO)c1N=Nc1ccc([N+](=O)[O-])cc1C#N. The molecule has 0 bridgehead atoms. The van der Waals surface area contributed by atoms with Crippen LogP contribution in [0.3, 0.4) is 0 Å². The second-order valence-electron chi connectivity index (χ2n) is 8.24. The Bertz CT molecular complexity index is 1420. The standard InChI is InChI=1S/C27H28N8O5/c1-19-23(18-29)26(30-10-5-13-39-14-15-40-22-6-3-2-4-7-22)32-27(31-11-12-36)25(19)34-33-24-9-8-21(35(37)38)16-20(24)17-28/h2-4,6-9,16,36H,5,10-15H2,1H3,(H2,30,31,32). The number of benzene rings is 2. The molecule has 1 heterocycles. The van der Waals surface area contributed by atoms with Gasteiger partial charge in [-0.05, 0) is 31.5 Å². The normalized spacial score (nSPS) is 10.6. The second kappa shape index (κ2) is 15.3. The Hall–Kier alpha value is -5.11. The summed E-state index contributed by atoms with van der Waals surface area (Å²) >= 11 is 0. The predicted molar refractivity (Wildman–Crippen MR) is 147 cm³/mol. The van der Waals surface area contributed by atoms with Gasteiger partial charge < -0.3 is 25.2 Å². The molecule has 2 aromatic carbocycles. The number of nitro groups is 1. The molecular weight excluding hydrogens is 516 g/mol. The summed E-state index contributed by atoms with van der Waals surface area (Å²) < 4.78 is 11.2. The Morgan fingerprint density at radius 2 is 1.80 bits per heavy atom. The first kappa shape index (κ1) is 29.4. The van der Waals surface area contributed by atoms with Crippen molar-refractivity contribution in [3.63, 3.8) is 0 Å². The minimum absolute atomic E-state index is 0.0268. The first-order valence-electron chi connectivity index (χ1n) is 12.4. The minimum Gasteiger partial charge on any atom is -0.491 e. The van der Waals surface area contributed by atoms with Crippen LogP contribution >= 0.6 is 0 Å². The van der Waals surface area contributed by atoms with Crippen molar-refractivity contribution in [3.05, 3.63) is 75.3 Å². The van der Waals surface area contributed by atoms with E-state index in [1.807, 2.05) is 36.4 Å². The van der Waals surface area contributed by atoms with Crippen molar-refractivity contribution in [3.8, 4) is 17.9 Å². The average molecular weight is 545 g/mol. The summed E-state index contributed by atoms with van der Waals surface area (Å²) in [4.78, 5) is 14.9. The van der Waals surface area contributed by atoms with E-state index in [0.29, 0.717) is 44.2 Å². The van der Waals surface area contributed by atoms with E-state index in [1.165, 1.54) is 12.1 Å². The van der Waals surface area contributed by atoms with Crippen molar-refractivity contribution < 1.29 is 19.5 Å². The molecule has 0 aliphatic carbocycles. The molecule has 3 aromatic rings. The number of nitriles is 2. The van der Waals surface area contributed by atoms with Crippen LogP contribution in [0.15, 0.2) is 58.8 Å². The van der Waals surface area contributed by atoms with Gasteiger partial charge >= 0.3 is 0 Å². The van der Waals surface area contributed by atoms with Gasteiger partial charge in [-0.3, -0.25) is 10.1 Å². The molecule has 0 unspecified atom stereocenters. The Morgan fingerprint density at radius 1 is 1.02 bits per heavy atom. The highest BCUT2D eigenvalue weighted by Crippen LogP contribution is 2.35. The fourth-order valence-corrected chi connectivity index (χ4v) is 3.52. The summed E-state index contributed by atoms with van der Waals surface area (Å²) in [5.74, 6) is 1.39. The molecule has 0 fully saturated rings. The van der Waals surface area contributed by atoms with Crippen LogP contribution in [0.25, 0.3) is 0 Å². The number of ether oxygens (including phenoxy) is 2. The van der Waals surface area contributed by atoms with E-state index >= 15 is 0 Å². The number of rotatable bonds is 15. The number of nitrogens with one attached hydrogen (secondary N) is 2. The topological polar surface area (TPSA) is 191 Å². The van der Waals surface area contributed by atoms with Gasteiger partial charge in [-0.15, -0.1) is 10.2 Å². The summed E-state index contributed by atoms with van der Waals surface area (Å²) in [6.07, 6.45) is 0.648. The maximum absolute atomic E-state index is 11.0. The molecule has 0 saturated carbocycles. The van der Waals surface area contributed by atoms with Crippen molar-refractivity contribution >= 4 is 28.7 Å². The third kappa shape index (κ3) is 8.19.